The summed E-state index contributed by atoms with van der Waals surface area (Å²) < 4.78 is 5.46. The van der Waals surface area contributed by atoms with Gasteiger partial charge in [0.2, 0.25) is 0 Å². The number of piperidine rings is 1. The van der Waals surface area contributed by atoms with Crippen molar-refractivity contribution < 1.29 is 14.3 Å². The van der Waals surface area contributed by atoms with Gasteiger partial charge in [0.1, 0.15) is 12.4 Å². The van der Waals surface area contributed by atoms with Gasteiger partial charge in [-0.1, -0.05) is 30.3 Å². The average molecular weight is 340 g/mol. The van der Waals surface area contributed by atoms with Crippen LogP contribution in [0, 0.1) is 5.92 Å². The lowest BCUT2D eigenvalue weighted by Gasteiger charge is -2.35. The molecule has 3 saturated heterocycles. The van der Waals surface area contributed by atoms with Crippen LogP contribution in [0.25, 0.3) is 0 Å². The molecule has 1 aromatic carbocycles. The molecule has 1 amide bonds. The maximum absolute atomic E-state index is 12.9. The van der Waals surface area contributed by atoms with Crippen LogP contribution in [-0.2, 0) is 13.2 Å². The Morgan fingerprint density at radius 2 is 1.92 bits per heavy atom. The van der Waals surface area contributed by atoms with Crippen LogP contribution >= 0.6 is 0 Å². The molecule has 0 aliphatic carbocycles. The Hall–Kier alpha value is -2.11. The van der Waals surface area contributed by atoms with E-state index in [1.807, 2.05) is 11.0 Å². The second-order valence-electron chi connectivity index (χ2n) is 7.16. The van der Waals surface area contributed by atoms with Crippen LogP contribution in [0.15, 0.2) is 46.9 Å². The Morgan fingerprint density at radius 3 is 2.68 bits per heavy atom. The molecule has 4 heterocycles. The van der Waals surface area contributed by atoms with Gasteiger partial charge in [-0.25, -0.2) is 0 Å². The van der Waals surface area contributed by atoms with Gasteiger partial charge in [-0.15, -0.1) is 0 Å². The lowest BCUT2D eigenvalue weighted by atomic mass is 9.95. The second kappa shape index (κ2) is 7.02. The number of carbonyl (C=O) groups excluding carboxylic acids is 1. The number of hydrogen-bond donors (Lipinski definition) is 1. The van der Waals surface area contributed by atoms with E-state index in [9.17, 15) is 4.79 Å². The Balaban J connectivity index is 1.48. The predicted octanol–water partition coefficient (Wildman–Crippen LogP) is 2.51. The van der Waals surface area contributed by atoms with Gasteiger partial charge in [0.15, 0.2) is 5.76 Å². The van der Waals surface area contributed by atoms with Gasteiger partial charge >= 0.3 is 0 Å². The smallest absolute Gasteiger partial charge is 0.289 e. The highest BCUT2D eigenvalue weighted by atomic mass is 16.4. The number of benzene rings is 1. The molecule has 3 aliphatic rings. The quantitative estimate of drug-likeness (QED) is 0.929. The number of aliphatic hydroxyl groups excluding tert-OH is 1. The van der Waals surface area contributed by atoms with Crippen molar-refractivity contribution in [2.45, 2.75) is 32.0 Å². The van der Waals surface area contributed by atoms with Crippen molar-refractivity contribution in [1.29, 1.82) is 0 Å². The van der Waals surface area contributed by atoms with Gasteiger partial charge in [-0.3, -0.25) is 9.69 Å². The molecule has 2 bridgehead atoms. The van der Waals surface area contributed by atoms with Gasteiger partial charge in [0, 0.05) is 32.2 Å². The fourth-order valence-corrected chi connectivity index (χ4v) is 4.12. The first-order chi connectivity index (χ1) is 12.2. The average Bonchev–Trinajstić information content (AvgIpc) is 2.96. The molecular formula is C20H24N2O3. The summed E-state index contributed by atoms with van der Waals surface area (Å²) in [5, 5.41) is 9.14. The van der Waals surface area contributed by atoms with Crippen molar-refractivity contribution in [1.82, 2.24) is 9.80 Å². The molecule has 3 aliphatic heterocycles. The van der Waals surface area contributed by atoms with Gasteiger partial charge in [-0.2, -0.15) is 0 Å². The van der Waals surface area contributed by atoms with Crippen LogP contribution < -0.4 is 0 Å². The highest BCUT2D eigenvalue weighted by molar-refractivity contribution is 5.92. The molecule has 25 heavy (non-hydrogen) atoms. The molecule has 132 valence electrons. The number of aliphatic hydroxyl groups is 1. The van der Waals surface area contributed by atoms with E-state index >= 15 is 0 Å². The minimum absolute atomic E-state index is 0.0454. The van der Waals surface area contributed by atoms with Crippen LogP contribution in [-0.4, -0.2) is 46.5 Å². The zero-order valence-corrected chi connectivity index (χ0v) is 14.3. The molecule has 2 atom stereocenters. The van der Waals surface area contributed by atoms with Crippen LogP contribution in [0.5, 0.6) is 0 Å². The fraction of sp³-hybridized carbons (Fsp3) is 0.450. The third-order valence-corrected chi connectivity index (χ3v) is 5.33. The van der Waals surface area contributed by atoms with Gasteiger partial charge in [0.25, 0.3) is 5.91 Å². The standard InChI is InChI=1S/C20H24N2O3/c23-14-18-8-9-19(25-18)20(24)22-12-16-6-7-17(22)13-21(11-16)10-15-4-2-1-3-5-15/h1-5,8-9,16-17,23H,6-7,10-14H2/t16-,17+/m0/s1. The molecule has 3 fully saturated rings. The predicted molar refractivity (Wildman–Crippen MR) is 93.9 cm³/mol. The molecule has 1 aromatic heterocycles. The van der Waals surface area contributed by atoms with E-state index in [-0.39, 0.29) is 18.6 Å². The molecule has 5 nitrogen and oxygen atoms in total. The Labute approximate surface area is 147 Å². The minimum Gasteiger partial charge on any atom is -0.453 e. The molecule has 1 N–H and O–H groups in total. The summed E-state index contributed by atoms with van der Waals surface area (Å²) in [5.41, 5.74) is 1.32. The summed E-state index contributed by atoms with van der Waals surface area (Å²) in [5.74, 6) is 1.25. The Morgan fingerprint density at radius 1 is 1.08 bits per heavy atom. The Bertz CT molecular complexity index is 728. The summed E-state index contributed by atoms with van der Waals surface area (Å²) >= 11 is 0. The number of hydrogen-bond acceptors (Lipinski definition) is 4. The number of carbonyl (C=O) groups is 1. The van der Waals surface area contributed by atoms with E-state index in [0.29, 0.717) is 17.4 Å². The molecular weight excluding hydrogens is 316 g/mol. The molecule has 5 rings (SSSR count). The second-order valence-corrected chi connectivity index (χ2v) is 7.16. The van der Waals surface area contributed by atoms with Crippen molar-refractivity contribution in [3.05, 3.63) is 59.5 Å². The van der Waals surface area contributed by atoms with E-state index in [4.69, 9.17) is 9.52 Å². The highest BCUT2D eigenvalue weighted by Gasteiger charge is 2.38. The normalized spacial score (nSPS) is 23.6. The Kier molecular flexibility index (Phi) is 4.59. The first kappa shape index (κ1) is 16.4. The summed E-state index contributed by atoms with van der Waals surface area (Å²) in [7, 11) is 0. The lowest BCUT2D eigenvalue weighted by molar-refractivity contribution is 0.0548. The van der Waals surface area contributed by atoms with Crippen molar-refractivity contribution in [2.24, 2.45) is 5.92 Å². The molecule has 5 heteroatoms. The van der Waals surface area contributed by atoms with E-state index in [1.54, 1.807) is 12.1 Å². The van der Waals surface area contributed by atoms with Crippen molar-refractivity contribution in [2.75, 3.05) is 19.6 Å². The molecule has 0 spiro atoms. The zero-order valence-electron chi connectivity index (χ0n) is 14.3. The van der Waals surface area contributed by atoms with Crippen LogP contribution in [0.1, 0.15) is 34.7 Å². The van der Waals surface area contributed by atoms with Crippen LogP contribution in [0.3, 0.4) is 0 Å². The maximum atomic E-state index is 12.9. The third kappa shape index (κ3) is 3.48. The molecule has 0 unspecified atom stereocenters. The molecule has 0 radical (unpaired) electrons. The number of furan rings is 1. The number of rotatable bonds is 4. The maximum Gasteiger partial charge on any atom is 0.289 e. The van der Waals surface area contributed by atoms with Crippen LogP contribution in [0.2, 0.25) is 0 Å². The monoisotopic (exact) mass is 340 g/mol. The van der Waals surface area contributed by atoms with Gasteiger partial charge in [-0.05, 0) is 36.5 Å². The number of nitrogens with zero attached hydrogens (tertiary/aromatic N) is 2. The van der Waals surface area contributed by atoms with E-state index in [2.05, 4.69) is 29.2 Å². The lowest BCUT2D eigenvalue weighted by Crippen LogP contribution is -2.47. The fourth-order valence-electron chi connectivity index (χ4n) is 4.12. The van der Waals surface area contributed by atoms with Gasteiger partial charge in [0.05, 0.1) is 0 Å². The summed E-state index contributed by atoms with van der Waals surface area (Å²) in [6.45, 7) is 3.50. The molecule has 2 aromatic rings. The highest BCUT2D eigenvalue weighted by Crippen LogP contribution is 2.30. The van der Waals surface area contributed by atoms with E-state index < -0.39 is 0 Å². The minimum atomic E-state index is -0.176. The largest absolute Gasteiger partial charge is 0.453 e. The SMILES string of the molecule is O=C(c1ccc(CO)o1)N1C[C@H]2CC[C@@H]1CN(Cc1ccccc1)C2. The summed E-state index contributed by atoms with van der Waals surface area (Å²) in [4.78, 5) is 17.3. The summed E-state index contributed by atoms with van der Waals surface area (Å²) in [6, 6.07) is 14.1. The number of fused-ring (bicyclic) bond motifs is 4. The zero-order chi connectivity index (χ0) is 17.2. The van der Waals surface area contributed by atoms with Crippen LogP contribution in [0.4, 0.5) is 0 Å². The topological polar surface area (TPSA) is 56.9 Å². The van der Waals surface area contributed by atoms with Crippen molar-refractivity contribution in [3.8, 4) is 0 Å². The van der Waals surface area contributed by atoms with Crippen molar-refractivity contribution >= 4 is 5.91 Å². The third-order valence-electron chi connectivity index (χ3n) is 5.33. The first-order valence-corrected chi connectivity index (χ1v) is 9.00. The van der Waals surface area contributed by atoms with E-state index in [0.717, 1.165) is 32.6 Å². The molecule has 0 saturated carbocycles. The first-order valence-electron chi connectivity index (χ1n) is 9.00. The van der Waals surface area contributed by atoms with Crippen molar-refractivity contribution in [3.63, 3.8) is 0 Å². The van der Waals surface area contributed by atoms with E-state index in [1.165, 1.54) is 12.0 Å². The number of amides is 1. The summed E-state index contributed by atoms with van der Waals surface area (Å²) in [6.07, 6.45) is 2.23. The van der Waals surface area contributed by atoms with Gasteiger partial charge < -0.3 is 14.4 Å².